The molecule has 0 rings (SSSR count). The Labute approximate surface area is 101 Å². The van der Waals surface area contributed by atoms with E-state index >= 15 is 0 Å². The van der Waals surface area contributed by atoms with E-state index < -0.39 is 0 Å². The van der Waals surface area contributed by atoms with Gasteiger partial charge in [0.2, 0.25) is 0 Å². The zero-order chi connectivity index (χ0) is 12.6. The predicted molar refractivity (Wildman–Crippen MR) is 70.3 cm³/mol. The first-order valence-corrected chi connectivity index (χ1v) is 6.79. The topological polar surface area (TPSA) is 43.1 Å². The molecule has 2 N–H and O–H groups in total. The van der Waals surface area contributed by atoms with Crippen molar-refractivity contribution in [2.75, 3.05) is 6.54 Å². The van der Waals surface area contributed by atoms with Crippen molar-refractivity contribution in [3.8, 4) is 0 Å². The van der Waals surface area contributed by atoms with Gasteiger partial charge in [0.05, 0.1) is 0 Å². The minimum Gasteiger partial charge on any atom is -0.330 e. The smallest absolute Gasteiger partial charge is 0.135 e. The van der Waals surface area contributed by atoms with E-state index in [1.807, 2.05) is 0 Å². The molecule has 0 bridgehead atoms. The largest absolute Gasteiger partial charge is 0.330 e. The van der Waals surface area contributed by atoms with Gasteiger partial charge in [-0.25, -0.2) is 0 Å². The maximum absolute atomic E-state index is 11.9. The first-order valence-electron chi connectivity index (χ1n) is 6.79. The van der Waals surface area contributed by atoms with E-state index in [1.54, 1.807) is 0 Å². The Bertz CT molecular complexity index is 185. The summed E-state index contributed by atoms with van der Waals surface area (Å²) in [6.45, 7) is 9.39. The highest BCUT2D eigenvalue weighted by Crippen LogP contribution is 2.22. The Morgan fingerprint density at radius 1 is 1.12 bits per heavy atom. The summed E-state index contributed by atoms with van der Waals surface area (Å²) in [5.41, 5.74) is 5.60. The van der Waals surface area contributed by atoms with Gasteiger partial charge in [0, 0.05) is 12.3 Å². The van der Waals surface area contributed by atoms with Gasteiger partial charge in [0.15, 0.2) is 0 Å². The second-order valence-electron chi connectivity index (χ2n) is 5.10. The van der Waals surface area contributed by atoms with Gasteiger partial charge in [0.1, 0.15) is 5.78 Å². The molecule has 0 amide bonds. The fourth-order valence-electron chi connectivity index (χ4n) is 2.30. The maximum atomic E-state index is 11.9. The lowest BCUT2D eigenvalue weighted by Crippen LogP contribution is -2.18. The number of nitrogens with two attached hydrogens (primary N) is 1. The lowest BCUT2D eigenvalue weighted by Gasteiger charge is -2.20. The van der Waals surface area contributed by atoms with Crippen LogP contribution in [0.3, 0.4) is 0 Å². The van der Waals surface area contributed by atoms with E-state index in [9.17, 15) is 4.79 Å². The number of rotatable bonds is 9. The molecule has 0 saturated carbocycles. The van der Waals surface area contributed by atoms with E-state index in [0.717, 1.165) is 38.6 Å². The summed E-state index contributed by atoms with van der Waals surface area (Å²) in [5, 5.41) is 0. The zero-order valence-corrected chi connectivity index (χ0v) is 11.5. The molecule has 1 unspecified atom stereocenters. The van der Waals surface area contributed by atoms with Crippen LogP contribution < -0.4 is 5.73 Å². The van der Waals surface area contributed by atoms with Gasteiger partial charge in [-0.05, 0) is 44.1 Å². The van der Waals surface area contributed by atoms with Crippen LogP contribution in [0.1, 0.15) is 59.8 Å². The van der Waals surface area contributed by atoms with E-state index in [-0.39, 0.29) is 5.92 Å². The van der Waals surface area contributed by atoms with Crippen LogP contribution >= 0.6 is 0 Å². The summed E-state index contributed by atoms with van der Waals surface area (Å²) in [5.74, 6) is 1.99. The summed E-state index contributed by atoms with van der Waals surface area (Å²) in [6.07, 6.45) is 4.78. The second-order valence-corrected chi connectivity index (χ2v) is 5.10. The van der Waals surface area contributed by atoms with Gasteiger partial charge in [-0.1, -0.05) is 27.7 Å². The Hall–Kier alpha value is -0.370. The number of Topliss-reactive ketones (excluding diaryl/α,β-unsaturated/α-hetero) is 1. The van der Waals surface area contributed by atoms with Crippen molar-refractivity contribution in [3.63, 3.8) is 0 Å². The Balaban J connectivity index is 4.04. The summed E-state index contributed by atoms with van der Waals surface area (Å²) in [7, 11) is 0. The van der Waals surface area contributed by atoms with Crippen LogP contribution in [0.25, 0.3) is 0 Å². The molecule has 2 heteroatoms. The van der Waals surface area contributed by atoms with E-state index in [4.69, 9.17) is 5.73 Å². The predicted octanol–water partition coefficient (Wildman–Crippen LogP) is 3.39. The molecule has 0 aromatic rings. The fraction of sp³-hybridized carbons (Fsp3) is 0.929. The van der Waals surface area contributed by atoms with Crippen molar-refractivity contribution in [2.24, 2.45) is 23.5 Å². The van der Waals surface area contributed by atoms with Crippen molar-refractivity contribution >= 4 is 5.78 Å². The normalized spacial score (nSPS) is 13.4. The quantitative estimate of drug-likeness (QED) is 0.656. The van der Waals surface area contributed by atoms with Gasteiger partial charge in [0.25, 0.3) is 0 Å². The molecule has 0 aliphatic rings. The monoisotopic (exact) mass is 227 g/mol. The first kappa shape index (κ1) is 15.6. The summed E-state index contributed by atoms with van der Waals surface area (Å²) in [6, 6.07) is 0. The third kappa shape index (κ3) is 5.64. The molecule has 0 aromatic heterocycles. The van der Waals surface area contributed by atoms with E-state index in [1.165, 1.54) is 0 Å². The highest BCUT2D eigenvalue weighted by atomic mass is 16.1. The third-order valence-corrected chi connectivity index (χ3v) is 3.68. The van der Waals surface area contributed by atoms with Gasteiger partial charge >= 0.3 is 0 Å². The third-order valence-electron chi connectivity index (χ3n) is 3.68. The van der Waals surface area contributed by atoms with Crippen LogP contribution in [0.5, 0.6) is 0 Å². The van der Waals surface area contributed by atoms with Crippen LogP contribution in [-0.2, 0) is 4.79 Å². The number of carbonyl (C=O) groups excluding carboxylic acids is 1. The molecule has 0 heterocycles. The number of hydrogen-bond donors (Lipinski definition) is 1. The Morgan fingerprint density at radius 2 is 1.69 bits per heavy atom. The molecule has 0 aliphatic carbocycles. The summed E-state index contributed by atoms with van der Waals surface area (Å²) >= 11 is 0. The minimum atomic E-state index is 0.283. The number of ketones is 1. The lowest BCUT2D eigenvalue weighted by atomic mass is 9.85. The van der Waals surface area contributed by atoms with E-state index in [2.05, 4.69) is 27.7 Å². The van der Waals surface area contributed by atoms with Crippen LogP contribution in [0, 0.1) is 17.8 Å². The molecule has 0 saturated heterocycles. The van der Waals surface area contributed by atoms with Gasteiger partial charge < -0.3 is 5.73 Å². The summed E-state index contributed by atoms with van der Waals surface area (Å²) < 4.78 is 0. The minimum absolute atomic E-state index is 0.283. The molecular formula is C14H29NO. The Morgan fingerprint density at radius 3 is 2.06 bits per heavy atom. The average molecular weight is 227 g/mol. The second kappa shape index (κ2) is 8.74. The maximum Gasteiger partial charge on any atom is 0.135 e. The van der Waals surface area contributed by atoms with Crippen molar-refractivity contribution in [2.45, 2.75) is 59.8 Å². The van der Waals surface area contributed by atoms with Crippen LogP contribution in [0.15, 0.2) is 0 Å². The fourth-order valence-corrected chi connectivity index (χ4v) is 2.30. The van der Waals surface area contributed by atoms with Crippen LogP contribution in [0.2, 0.25) is 0 Å². The zero-order valence-electron chi connectivity index (χ0n) is 11.5. The van der Waals surface area contributed by atoms with Crippen LogP contribution in [-0.4, -0.2) is 12.3 Å². The lowest BCUT2D eigenvalue weighted by molar-refractivity contribution is -0.123. The number of carbonyl (C=O) groups is 1. The van der Waals surface area contributed by atoms with Gasteiger partial charge in [-0.3, -0.25) is 4.79 Å². The van der Waals surface area contributed by atoms with Crippen molar-refractivity contribution in [1.82, 2.24) is 0 Å². The van der Waals surface area contributed by atoms with Crippen molar-refractivity contribution in [1.29, 1.82) is 0 Å². The SMILES string of the molecule is CCC(CC)C(=O)CCC(CCN)C(C)C. The highest BCUT2D eigenvalue weighted by Gasteiger charge is 2.18. The molecule has 0 aromatic carbocycles. The summed E-state index contributed by atoms with van der Waals surface area (Å²) in [4.78, 5) is 11.9. The molecule has 2 nitrogen and oxygen atoms in total. The average Bonchev–Trinajstić information content (AvgIpc) is 2.25. The molecule has 1 atom stereocenters. The van der Waals surface area contributed by atoms with E-state index in [0.29, 0.717) is 17.6 Å². The van der Waals surface area contributed by atoms with Gasteiger partial charge in [-0.2, -0.15) is 0 Å². The van der Waals surface area contributed by atoms with Crippen LogP contribution in [0.4, 0.5) is 0 Å². The Kier molecular flexibility index (Phi) is 8.54. The highest BCUT2D eigenvalue weighted by molar-refractivity contribution is 5.80. The number of hydrogen-bond acceptors (Lipinski definition) is 2. The molecule has 0 fully saturated rings. The molecular weight excluding hydrogens is 198 g/mol. The van der Waals surface area contributed by atoms with Gasteiger partial charge in [-0.15, -0.1) is 0 Å². The van der Waals surface area contributed by atoms with Crippen molar-refractivity contribution in [3.05, 3.63) is 0 Å². The molecule has 16 heavy (non-hydrogen) atoms. The molecule has 96 valence electrons. The molecule has 0 aliphatic heterocycles. The molecule has 0 radical (unpaired) electrons. The van der Waals surface area contributed by atoms with Crippen molar-refractivity contribution < 1.29 is 4.79 Å². The first-order chi connectivity index (χ1) is 7.56. The standard InChI is InChI=1S/C14H29NO/c1-5-12(6-2)14(16)8-7-13(9-10-15)11(3)4/h11-13H,5-10,15H2,1-4H3. The molecule has 0 spiro atoms.